The van der Waals surface area contributed by atoms with Crippen LogP contribution in [0.3, 0.4) is 0 Å². The Morgan fingerprint density at radius 3 is 1.88 bits per heavy atom. The second-order valence-corrected chi connectivity index (χ2v) is 6.39. The predicted octanol–water partition coefficient (Wildman–Crippen LogP) is 4.98. The molecule has 0 aliphatic heterocycles. The highest BCUT2D eigenvalue weighted by atomic mass is 19.1. The van der Waals surface area contributed by atoms with Crippen molar-refractivity contribution >= 4 is 11.4 Å². The minimum Gasteiger partial charge on any atom is -0.385 e. The van der Waals surface area contributed by atoms with Gasteiger partial charge in [0.1, 0.15) is 5.82 Å². The summed E-state index contributed by atoms with van der Waals surface area (Å²) in [7, 11) is 0. The molecular formula is C22H18FNO. The first-order valence-electron chi connectivity index (χ1n) is 8.38. The Morgan fingerprint density at radius 1 is 0.840 bits per heavy atom. The predicted molar refractivity (Wildman–Crippen MR) is 97.7 cm³/mol. The molecule has 124 valence electrons. The molecule has 1 saturated carbocycles. The average molecular weight is 331 g/mol. The summed E-state index contributed by atoms with van der Waals surface area (Å²) < 4.78 is 14.4. The van der Waals surface area contributed by atoms with Gasteiger partial charge in [-0.1, -0.05) is 66.7 Å². The zero-order valence-electron chi connectivity index (χ0n) is 13.7. The number of nitrogens with zero attached hydrogens (tertiary/aromatic N) is 1. The summed E-state index contributed by atoms with van der Waals surface area (Å²) in [4.78, 5) is 4.70. The van der Waals surface area contributed by atoms with Crippen LogP contribution in [-0.4, -0.2) is 10.8 Å². The molecule has 4 rings (SSSR count). The van der Waals surface area contributed by atoms with Crippen LogP contribution in [0.2, 0.25) is 0 Å². The van der Waals surface area contributed by atoms with Crippen molar-refractivity contribution < 1.29 is 9.50 Å². The molecule has 2 nitrogen and oxygen atoms in total. The van der Waals surface area contributed by atoms with E-state index >= 15 is 0 Å². The molecule has 3 heteroatoms. The molecule has 0 spiro atoms. The topological polar surface area (TPSA) is 32.6 Å². The molecule has 0 heterocycles. The zero-order valence-corrected chi connectivity index (χ0v) is 13.7. The Labute approximate surface area is 146 Å². The summed E-state index contributed by atoms with van der Waals surface area (Å²) >= 11 is 0. The van der Waals surface area contributed by atoms with Crippen LogP contribution >= 0.6 is 0 Å². The lowest BCUT2D eigenvalue weighted by Crippen LogP contribution is -2.07. The van der Waals surface area contributed by atoms with E-state index in [2.05, 4.69) is 0 Å². The Hall–Kier alpha value is -2.78. The number of aliphatic hydroxyl groups is 1. The molecule has 3 aromatic rings. The van der Waals surface area contributed by atoms with Crippen molar-refractivity contribution in [2.75, 3.05) is 0 Å². The Bertz CT molecular complexity index is 874. The van der Waals surface area contributed by atoms with Gasteiger partial charge >= 0.3 is 0 Å². The first kappa shape index (κ1) is 15.7. The number of hydrogen-bond acceptors (Lipinski definition) is 2. The molecule has 0 bridgehead atoms. The van der Waals surface area contributed by atoms with E-state index in [1.165, 1.54) is 6.07 Å². The monoisotopic (exact) mass is 331 g/mol. The van der Waals surface area contributed by atoms with Crippen molar-refractivity contribution in [3.8, 4) is 0 Å². The smallest absolute Gasteiger partial charge is 0.131 e. The van der Waals surface area contributed by atoms with Gasteiger partial charge < -0.3 is 5.11 Å². The lowest BCUT2D eigenvalue weighted by Gasteiger charge is -2.11. The molecule has 1 N–H and O–H groups in total. The summed E-state index contributed by atoms with van der Waals surface area (Å²) in [6.07, 6.45) is 1.23. The molecule has 1 aliphatic rings. The van der Waals surface area contributed by atoms with Crippen LogP contribution in [0, 0.1) is 5.82 Å². The first-order valence-corrected chi connectivity index (χ1v) is 8.38. The standard InChI is InChI=1S/C22H18FNO/c23-20-15-18(11-12-19(20)22(25)13-14-22)24-21(16-7-3-1-4-8-16)17-9-5-2-6-10-17/h1-12,15,25H,13-14H2. The highest BCUT2D eigenvalue weighted by molar-refractivity contribution is 6.13. The van der Waals surface area contributed by atoms with Gasteiger partial charge in [0.2, 0.25) is 0 Å². The van der Waals surface area contributed by atoms with Gasteiger partial charge in [0, 0.05) is 16.7 Å². The van der Waals surface area contributed by atoms with Crippen molar-refractivity contribution in [3.63, 3.8) is 0 Å². The van der Waals surface area contributed by atoms with Gasteiger partial charge in [-0.15, -0.1) is 0 Å². The summed E-state index contributed by atoms with van der Waals surface area (Å²) in [5.41, 5.74) is 2.66. The Morgan fingerprint density at radius 2 is 1.40 bits per heavy atom. The highest BCUT2D eigenvalue weighted by Gasteiger charge is 2.44. The van der Waals surface area contributed by atoms with Gasteiger partial charge in [-0.3, -0.25) is 0 Å². The lowest BCUT2D eigenvalue weighted by atomic mass is 10.0. The van der Waals surface area contributed by atoms with Crippen molar-refractivity contribution in [2.45, 2.75) is 18.4 Å². The minimum absolute atomic E-state index is 0.368. The maximum atomic E-state index is 14.4. The third kappa shape index (κ3) is 3.24. The van der Waals surface area contributed by atoms with Gasteiger partial charge in [-0.05, 0) is 25.0 Å². The van der Waals surface area contributed by atoms with E-state index in [0.29, 0.717) is 24.1 Å². The van der Waals surface area contributed by atoms with Crippen LogP contribution in [0.25, 0.3) is 0 Å². The molecule has 1 aliphatic carbocycles. The zero-order chi connectivity index (χ0) is 17.3. The quantitative estimate of drug-likeness (QED) is 0.672. The SMILES string of the molecule is OC1(c2ccc(N=C(c3ccccc3)c3ccccc3)cc2F)CC1. The van der Waals surface area contributed by atoms with Gasteiger partial charge in [0.15, 0.2) is 0 Å². The number of rotatable bonds is 4. The van der Waals surface area contributed by atoms with E-state index in [-0.39, 0.29) is 0 Å². The molecule has 25 heavy (non-hydrogen) atoms. The highest BCUT2D eigenvalue weighted by Crippen LogP contribution is 2.46. The van der Waals surface area contributed by atoms with Crippen molar-refractivity contribution in [3.05, 3.63) is 101 Å². The van der Waals surface area contributed by atoms with E-state index in [1.54, 1.807) is 12.1 Å². The largest absolute Gasteiger partial charge is 0.385 e. The second-order valence-electron chi connectivity index (χ2n) is 6.39. The molecule has 0 radical (unpaired) electrons. The van der Waals surface area contributed by atoms with Crippen LogP contribution < -0.4 is 0 Å². The van der Waals surface area contributed by atoms with Gasteiger partial charge in [0.05, 0.1) is 17.0 Å². The normalized spacial score (nSPS) is 14.8. The van der Waals surface area contributed by atoms with E-state index < -0.39 is 11.4 Å². The van der Waals surface area contributed by atoms with Crippen molar-refractivity contribution in [1.29, 1.82) is 0 Å². The third-order valence-corrected chi connectivity index (χ3v) is 4.51. The minimum atomic E-state index is -0.978. The molecule has 0 amide bonds. The molecule has 0 unspecified atom stereocenters. The van der Waals surface area contributed by atoms with Crippen LogP contribution in [-0.2, 0) is 5.60 Å². The molecule has 1 fully saturated rings. The number of halogens is 1. The number of benzene rings is 3. The fourth-order valence-corrected chi connectivity index (χ4v) is 2.96. The van der Waals surface area contributed by atoms with Gasteiger partial charge in [-0.2, -0.15) is 0 Å². The first-order chi connectivity index (χ1) is 12.2. The van der Waals surface area contributed by atoms with Crippen LogP contribution in [0.15, 0.2) is 83.9 Å². The van der Waals surface area contributed by atoms with E-state index in [0.717, 1.165) is 16.8 Å². The molecule has 0 aromatic heterocycles. The second kappa shape index (κ2) is 6.26. The van der Waals surface area contributed by atoms with E-state index in [9.17, 15) is 9.50 Å². The van der Waals surface area contributed by atoms with Gasteiger partial charge in [-0.25, -0.2) is 9.38 Å². The fourth-order valence-electron chi connectivity index (χ4n) is 2.96. The summed E-state index contributed by atoms with van der Waals surface area (Å²) in [5.74, 6) is -0.401. The molecule has 0 atom stereocenters. The Balaban J connectivity index is 1.78. The maximum Gasteiger partial charge on any atom is 0.131 e. The molecule has 0 saturated heterocycles. The van der Waals surface area contributed by atoms with Gasteiger partial charge in [0.25, 0.3) is 0 Å². The average Bonchev–Trinajstić information content (AvgIpc) is 3.39. The maximum absolute atomic E-state index is 14.4. The lowest BCUT2D eigenvalue weighted by molar-refractivity contribution is 0.147. The third-order valence-electron chi connectivity index (χ3n) is 4.51. The van der Waals surface area contributed by atoms with Crippen LogP contribution in [0.1, 0.15) is 29.5 Å². The summed E-state index contributed by atoms with van der Waals surface area (Å²) in [6, 6.07) is 24.5. The van der Waals surface area contributed by atoms with Crippen LogP contribution in [0.5, 0.6) is 0 Å². The fraction of sp³-hybridized carbons (Fsp3) is 0.136. The van der Waals surface area contributed by atoms with Crippen LogP contribution in [0.4, 0.5) is 10.1 Å². The summed E-state index contributed by atoms with van der Waals surface area (Å²) in [5, 5.41) is 10.1. The van der Waals surface area contributed by atoms with Crippen molar-refractivity contribution in [2.24, 2.45) is 4.99 Å². The summed E-state index contributed by atoms with van der Waals surface area (Å²) in [6.45, 7) is 0. The number of aliphatic imine (C=N–C) groups is 1. The van der Waals surface area contributed by atoms with E-state index in [1.807, 2.05) is 60.7 Å². The number of hydrogen-bond donors (Lipinski definition) is 1. The molecular weight excluding hydrogens is 313 g/mol. The van der Waals surface area contributed by atoms with Crippen molar-refractivity contribution in [1.82, 2.24) is 0 Å². The van der Waals surface area contributed by atoms with E-state index in [4.69, 9.17) is 4.99 Å². The Kier molecular flexibility index (Phi) is 3.94. The molecule has 3 aromatic carbocycles.